The number of hydrogen-bond donors (Lipinski definition) is 0. The summed E-state index contributed by atoms with van der Waals surface area (Å²) in [6.07, 6.45) is 0. The molecule has 2 nitrogen and oxygen atoms in total. The van der Waals surface area contributed by atoms with Crippen LogP contribution in [0.2, 0.25) is 10.0 Å². The summed E-state index contributed by atoms with van der Waals surface area (Å²) in [5, 5.41) is 0.948. The molecule has 5 heteroatoms. The summed E-state index contributed by atoms with van der Waals surface area (Å²) < 4.78 is 4.78. The van der Waals surface area contributed by atoms with E-state index in [9.17, 15) is 4.79 Å². The zero-order valence-corrected chi connectivity index (χ0v) is 11.2. The molecule has 0 amide bonds. The SMILES string of the molecule is CC(C)(COC(=O)Cl)c1cccc(Cl)c1Cl. The van der Waals surface area contributed by atoms with E-state index in [2.05, 4.69) is 0 Å². The number of benzene rings is 1. The highest BCUT2D eigenvalue weighted by Gasteiger charge is 2.25. The van der Waals surface area contributed by atoms with Crippen molar-refractivity contribution < 1.29 is 9.53 Å². The lowest BCUT2D eigenvalue weighted by atomic mass is 9.85. The van der Waals surface area contributed by atoms with Gasteiger partial charge in [0.25, 0.3) is 0 Å². The first-order valence-corrected chi connectivity index (χ1v) is 5.75. The molecule has 1 aromatic rings. The minimum atomic E-state index is -0.828. The summed E-state index contributed by atoms with van der Waals surface area (Å²) in [6.45, 7) is 3.93. The molecule has 0 aliphatic rings. The van der Waals surface area contributed by atoms with E-state index in [-0.39, 0.29) is 6.61 Å². The van der Waals surface area contributed by atoms with Crippen LogP contribution in [-0.2, 0) is 10.2 Å². The lowest BCUT2D eigenvalue weighted by Crippen LogP contribution is -2.25. The Morgan fingerprint density at radius 3 is 2.56 bits per heavy atom. The van der Waals surface area contributed by atoms with Crippen LogP contribution in [0, 0.1) is 0 Å². The number of carbonyl (C=O) groups is 1. The van der Waals surface area contributed by atoms with E-state index >= 15 is 0 Å². The Morgan fingerprint density at radius 1 is 1.38 bits per heavy atom. The van der Waals surface area contributed by atoms with Gasteiger partial charge in [0.05, 0.1) is 10.0 Å². The molecule has 0 radical (unpaired) electrons. The molecule has 0 N–H and O–H groups in total. The van der Waals surface area contributed by atoms with Crippen molar-refractivity contribution >= 4 is 40.2 Å². The molecule has 0 atom stereocenters. The third-order valence-electron chi connectivity index (χ3n) is 2.23. The smallest absolute Gasteiger partial charge is 0.403 e. The molecule has 16 heavy (non-hydrogen) atoms. The highest BCUT2D eigenvalue weighted by molar-refractivity contribution is 6.61. The van der Waals surface area contributed by atoms with Crippen molar-refractivity contribution in [3.05, 3.63) is 33.8 Å². The van der Waals surface area contributed by atoms with Crippen LogP contribution in [0.3, 0.4) is 0 Å². The lowest BCUT2D eigenvalue weighted by Gasteiger charge is -2.25. The summed E-state index contributed by atoms with van der Waals surface area (Å²) in [5.74, 6) is 0. The van der Waals surface area contributed by atoms with Gasteiger partial charge in [-0.1, -0.05) is 49.2 Å². The van der Waals surface area contributed by atoms with Crippen molar-refractivity contribution in [2.75, 3.05) is 6.61 Å². The third-order valence-corrected chi connectivity index (χ3v) is 3.16. The molecule has 0 spiro atoms. The van der Waals surface area contributed by atoms with Crippen molar-refractivity contribution in [2.24, 2.45) is 0 Å². The fraction of sp³-hybridized carbons (Fsp3) is 0.364. The average Bonchev–Trinajstić information content (AvgIpc) is 2.19. The quantitative estimate of drug-likeness (QED) is 0.754. The number of ether oxygens (including phenoxy) is 1. The molecule has 0 heterocycles. The second kappa shape index (κ2) is 5.26. The second-order valence-corrected chi connectivity index (χ2v) is 5.11. The maximum Gasteiger partial charge on any atom is 0.403 e. The third kappa shape index (κ3) is 3.27. The van der Waals surface area contributed by atoms with Crippen molar-refractivity contribution in [3.63, 3.8) is 0 Å². The molecule has 0 aromatic heterocycles. The Morgan fingerprint density at radius 2 is 2.00 bits per heavy atom. The molecule has 1 aromatic carbocycles. The van der Waals surface area contributed by atoms with Gasteiger partial charge in [0, 0.05) is 17.0 Å². The second-order valence-electron chi connectivity index (χ2n) is 4.01. The topological polar surface area (TPSA) is 26.3 Å². The number of halogens is 3. The zero-order chi connectivity index (χ0) is 12.3. The van der Waals surface area contributed by atoms with Crippen molar-refractivity contribution in [1.82, 2.24) is 0 Å². The number of hydrogen-bond acceptors (Lipinski definition) is 2. The van der Waals surface area contributed by atoms with Crippen LogP contribution >= 0.6 is 34.8 Å². The van der Waals surface area contributed by atoms with E-state index in [1.54, 1.807) is 12.1 Å². The molecule has 1 rings (SSSR count). The van der Waals surface area contributed by atoms with Crippen LogP contribution in [0.15, 0.2) is 18.2 Å². The largest absolute Gasteiger partial charge is 0.453 e. The van der Waals surface area contributed by atoms with Crippen LogP contribution in [-0.4, -0.2) is 12.0 Å². The monoisotopic (exact) mass is 280 g/mol. The van der Waals surface area contributed by atoms with E-state index in [1.807, 2.05) is 19.9 Å². The van der Waals surface area contributed by atoms with Gasteiger partial charge >= 0.3 is 5.43 Å². The first kappa shape index (κ1) is 13.6. The van der Waals surface area contributed by atoms with Gasteiger partial charge in [0.2, 0.25) is 0 Å². The molecule has 88 valence electrons. The normalized spacial score (nSPS) is 11.3. The Balaban J connectivity index is 2.97. The van der Waals surface area contributed by atoms with Gasteiger partial charge in [0.15, 0.2) is 0 Å². The van der Waals surface area contributed by atoms with Crippen LogP contribution < -0.4 is 0 Å². The van der Waals surface area contributed by atoms with Crippen molar-refractivity contribution in [2.45, 2.75) is 19.3 Å². The van der Waals surface area contributed by atoms with Gasteiger partial charge in [-0.3, -0.25) is 0 Å². The number of rotatable bonds is 3. The Bertz CT molecular complexity index is 402. The van der Waals surface area contributed by atoms with Gasteiger partial charge < -0.3 is 4.74 Å². The Labute approximate surface area is 109 Å². The van der Waals surface area contributed by atoms with E-state index in [1.165, 1.54) is 0 Å². The Kier molecular flexibility index (Phi) is 4.48. The minimum absolute atomic E-state index is 0.148. The molecular formula is C11H11Cl3O2. The van der Waals surface area contributed by atoms with Gasteiger partial charge in [0.1, 0.15) is 6.61 Å². The van der Waals surface area contributed by atoms with Crippen molar-refractivity contribution in [3.8, 4) is 0 Å². The maximum atomic E-state index is 10.6. The highest BCUT2D eigenvalue weighted by Crippen LogP contribution is 2.34. The van der Waals surface area contributed by atoms with E-state index in [4.69, 9.17) is 39.5 Å². The molecular weight excluding hydrogens is 270 g/mol. The van der Waals surface area contributed by atoms with Crippen LogP contribution in [0.25, 0.3) is 0 Å². The molecule has 0 fully saturated rings. The summed E-state index contributed by atoms with van der Waals surface area (Å²) >= 11 is 17.1. The fourth-order valence-corrected chi connectivity index (χ4v) is 1.95. The van der Waals surface area contributed by atoms with Crippen LogP contribution in [0.4, 0.5) is 4.79 Å². The lowest BCUT2D eigenvalue weighted by molar-refractivity contribution is 0.148. The average molecular weight is 282 g/mol. The molecule has 0 bridgehead atoms. The summed E-state index contributed by atoms with van der Waals surface area (Å²) in [6, 6.07) is 5.35. The van der Waals surface area contributed by atoms with Gasteiger partial charge in [-0.15, -0.1) is 0 Å². The van der Waals surface area contributed by atoms with E-state index in [0.717, 1.165) is 5.56 Å². The number of carbonyl (C=O) groups excluding carboxylic acids is 1. The summed E-state index contributed by atoms with van der Waals surface area (Å²) in [4.78, 5) is 10.6. The molecule has 0 saturated heterocycles. The van der Waals surface area contributed by atoms with E-state index < -0.39 is 10.8 Å². The summed E-state index contributed by atoms with van der Waals surface area (Å²) in [7, 11) is 0. The van der Waals surface area contributed by atoms with Gasteiger partial charge in [-0.25, -0.2) is 4.79 Å². The standard InChI is InChI=1S/C11H11Cl3O2/c1-11(2,6-16-10(14)15)7-4-3-5-8(12)9(7)13/h3-5H,6H2,1-2H3. The minimum Gasteiger partial charge on any atom is -0.453 e. The molecule has 0 saturated carbocycles. The first-order valence-electron chi connectivity index (χ1n) is 4.61. The maximum absolute atomic E-state index is 10.6. The van der Waals surface area contributed by atoms with Crippen LogP contribution in [0.1, 0.15) is 19.4 Å². The Hall–Kier alpha value is -0.440. The van der Waals surface area contributed by atoms with Crippen LogP contribution in [0.5, 0.6) is 0 Å². The predicted octanol–water partition coefficient (Wildman–Crippen LogP) is 4.65. The molecule has 0 aliphatic carbocycles. The fourth-order valence-electron chi connectivity index (χ4n) is 1.34. The highest BCUT2D eigenvalue weighted by atomic mass is 35.5. The van der Waals surface area contributed by atoms with E-state index in [0.29, 0.717) is 10.0 Å². The molecule has 0 unspecified atom stereocenters. The molecule has 0 aliphatic heterocycles. The first-order chi connectivity index (χ1) is 7.34. The van der Waals surface area contributed by atoms with Crippen molar-refractivity contribution in [1.29, 1.82) is 0 Å². The summed E-state index contributed by atoms with van der Waals surface area (Å²) in [5.41, 5.74) is -0.446. The van der Waals surface area contributed by atoms with Gasteiger partial charge in [-0.2, -0.15) is 0 Å². The van der Waals surface area contributed by atoms with Gasteiger partial charge in [-0.05, 0) is 11.6 Å². The zero-order valence-electron chi connectivity index (χ0n) is 8.89. The predicted molar refractivity (Wildman–Crippen MR) is 66.7 cm³/mol.